The summed E-state index contributed by atoms with van der Waals surface area (Å²) in [4.78, 5) is 4.50. The molecule has 0 aliphatic carbocycles. The van der Waals surface area contributed by atoms with E-state index in [-0.39, 0.29) is 0 Å². The van der Waals surface area contributed by atoms with Crippen molar-refractivity contribution in [2.45, 2.75) is 6.54 Å². The van der Waals surface area contributed by atoms with Gasteiger partial charge in [-0.25, -0.2) is 4.98 Å². The maximum absolute atomic E-state index is 5.45. The zero-order valence-electron chi connectivity index (χ0n) is 12.8. The molecule has 0 radical (unpaired) electrons. The summed E-state index contributed by atoms with van der Waals surface area (Å²) in [6.45, 7) is 0.541. The van der Waals surface area contributed by atoms with Crippen LogP contribution in [0.15, 0.2) is 59.8 Å². The van der Waals surface area contributed by atoms with Crippen LogP contribution < -0.4 is 5.43 Å². The fraction of sp³-hybridized carbons (Fsp3) is 0.0526. The van der Waals surface area contributed by atoms with Crippen molar-refractivity contribution in [3.63, 3.8) is 0 Å². The van der Waals surface area contributed by atoms with E-state index in [9.17, 15) is 0 Å². The molecule has 0 spiro atoms. The van der Waals surface area contributed by atoms with E-state index in [0.29, 0.717) is 6.54 Å². The van der Waals surface area contributed by atoms with Crippen molar-refractivity contribution in [3.8, 4) is 12.3 Å². The summed E-state index contributed by atoms with van der Waals surface area (Å²) in [5.41, 5.74) is 6.12. The molecule has 2 heterocycles. The molecule has 2 aromatic carbocycles. The predicted octanol–water partition coefficient (Wildman–Crippen LogP) is 4.33. The van der Waals surface area contributed by atoms with Crippen LogP contribution in [0.3, 0.4) is 0 Å². The maximum Gasteiger partial charge on any atom is 0.204 e. The number of benzene rings is 2. The number of fused-ring (bicyclic) bond motifs is 2. The Bertz CT molecular complexity index is 1050. The lowest BCUT2D eigenvalue weighted by Crippen LogP contribution is -1.92. The summed E-state index contributed by atoms with van der Waals surface area (Å²) in [5, 5.41) is 6.24. The van der Waals surface area contributed by atoms with Crippen molar-refractivity contribution in [1.29, 1.82) is 0 Å². The van der Waals surface area contributed by atoms with E-state index in [2.05, 4.69) is 39.6 Å². The summed E-state index contributed by atoms with van der Waals surface area (Å²) in [6, 6.07) is 16.2. The molecule has 24 heavy (non-hydrogen) atoms. The third-order valence-corrected chi connectivity index (χ3v) is 4.68. The quantitative estimate of drug-likeness (QED) is 0.344. The second-order valence-corrected chi connectivity index (χ2v) is 6.32. The number of thiazole rings is 1. The van der Waals surface area contributed by atoms with E-state index in [1.165, 1.54) is 0 Å². The van der Waals surface area contributed by atoms with Gasteiger partial charge in [0.2, 0.25) is 5.13 Å². The lowest BCUT2D eigenvalue weighted by molar-refractivity contribution is 0.886. The first-order chi connectivity index (χ1) is 11.8. The van der Waals surface area contributed by atoms with Crippen molar-refractivity contribution in [3.05, 3.63) is 60.3 Å². The minimum absolute atomic E-state index is 0.541. The first-order valence-electron chi connectivity index (χ1n) is 7.51. The van der Waals surface area contributed by atoms with E-state index >= 15 is 0 Å². The molecular weight excluding hydrogens is 316 g/mol. The van der Waals surface area contributed by atoms with E-state index in [1.54, 1.807) is 17.6 Å². The van der Waals surface area contributed by atoms with Gasteiger partial charge in [-0.05, 0) is 18.2 Å². The molecule has 0 bridgehead atoms. The van der Waals surface area contributed by atoms with Crippen molar-refractivity contribution in [2.24, 2.45) is 5.10 Å². The Hall–Kier alpha value is -3.10. The smallest absolute Gasteiger partial charge is 0.204 e. The molecule has 4 rings (SSSR count). The third kappa shape index (κ3) is 2.64. The summed E-state index contributed by atoms with van der Waals surface area (Å²) < 4.78 is 3.19. The molecule has 4 nitrogen and oxygen atoms in total. The third-order valence-electron chi connectivity index (χ3n) is 3.74. The minimum atomic E-state index is 0.541. The molecule has 0 fully saturated rings. The van der Waals surface area contributed by atoms with Crippen molar-refractivity contribution >= 4 is 43.8 Å². The van der Waals surface area contributed by atoms with Crippen LogP contribution in [0, 0.1) is 12.3 Å². The van der Waals surface area contributed by atoms with Gasteiger partial charge in [-0.2, -0.15) is 5.10 Å². The number of nitrogens with one attached hydrogen (secondary N) is 1. The van der Waals surface area contributed by atoms with Crippen molar-refractivity contribution < 1.29 is 0 Å². The highest BCUT2D eigenvalue weighted by Crippen LogP contribution is 2.25. The normalized spacial score (nSPS) is 11.3. The number of terminal acetylenes is 1. The largest absolute Gasteiger partial charge is 0.335 e. The summed E-state index contributed by atoms with van der Waals surface area (Å²) in [6.07, 6.45) is 9.28. The first kappa shape index (κ1) is 14.5. The van der Waals surface area contributed by atoms with Gasteiger partial charge in [-0.15, -0.1) is 6.42 Å². The molecule has 5 heteroatoms. The van der Waals surface area contributed by atoms with Crippen LogP contribution in [0.4, 0.5) is 5.13 Å². The number of nitrogens with zero attached hydrogens (tertiary/aromatic N) is 3. The Kier molecular flexibility index (Phi) is 3.73. The number of hydrogen-bond donors (Lipinski definition) is 1. The molecule has 0 saturated heterocycles. The average Bonchev–Trinajstić information content (AvgIpc) is 3.17. The van der Waals surface area contributed by atoms with Crippen LogP contribution >= 0.6 is 11.3 Å². The Morgan fingerprint density at radius 2 is 2.04 bits per heavy atom. The Labute approximate surface area is 143 Å². The van der Waals surface area contributed by atoms with Crippen LogP contribution in [0.5, 0.6) is 0 Å². The molecule has 0 atom stereocenters. The van der Waals surface area contributed by atoms with Gasteiger partial charge in [0.25, 0.3) is 0 Å². The maximum atomic E-state index is 5.45. The van der Waals surface area contributed by atoms with Gasteiger partial charge in [0, 0.05) is 22.7 Å². The highest BCUT2D eigenvalue weighted by atomic mass is 32.1. The van der Waals surface area contributed by atoms with Crippen LogP contribution in [-0.2, 0) is 6.54 Å². The predicted molar refractivity (Wildman–Crippen MR) is 102 cm³/mol. The van der Waals surface area contributed by atoms with Gasteiger partial charge >= 0.3 is 0 Å². The average molecular weight is 330 g/mol. The number of aromatic nitrogens is 2. The van der Waals surface area contributed by atoms with Crippen LogP contribution in [0.2, 0.25) is 0 Å². The molecular formula is C19H14N4S. The highest BCUT2D eigenvalue weighted by Gasteiger charge is 2.06. The SMILES string of the molecule is C#CCn1cc(/C=N/Nc2nc3ccccc3s2)c2ccccc21. The molecule has 4 aromatic rings. The van der Waals surface area contributed by atoms with Gasteiger partial charge in [0.05, 0.1) is 23.0 Å². The van der Waals surface area contributed by atoms with Crippen molar-refractivity contribution in [1.82, 2.24) is 9.55 Å². The lowest BCUT2D eigenvalue weighted by Gasteiger charge is -1.97. The molecule has 0 unspecified atom stereocenters. The molecule has 0 aliphatic rings. The number of anilines is 1. The molecule has 2 aromatic heterocycles. The van der Waals surface area contributed by atoms with E-state index in [0.717, 1.165) is 31.8 Å². The summed E-state index contributed by atoms with van der Waals surface area (Å²) in [5.74, 6) is 2.68. The molecule has 116 valence electrons. The fourth-order valence-corrected chi connectivity index (χ4v) is 3.50. The fourth-order valence-electron chi connectivity index (χ4n) is 2.68. The number of hydrazone groups is 1. The zero-order valence-corrected chi connectivity index (χ0v) is 13.6. The zero-order chi connectivity index (χ0) is 16.4. The van der Waals surface area contributed by atoms with E-state index in [1.807, 2.05) is 41.1 Å². The second kappa shape index (κ2) is 6.19. The summed E-state index contributed by atoms with van der Waals surface area (Å²) in [7, 11) is 0. The van der Waals surface area contributed by atoms with Crippen LogP contribution in [-0.4, -0.2) is 15.8 Å². The Morgan fingerprint density at radius 3 is 2.92 bits per heavy atom. The minimum Gasteiger partial charge on any atom is -0.335 e. The lowest BCUT2D eigenvalue weighted by atomic mass is 10.2. The highest BCUT2D eigenvalue weighted by molar-refractivity contribution is 7.22. The van der Waals surface area contributed by atoms with Gasteiger partial charge in [-0.1, -0.05) is 47.6 Å². The second-order valence-electron chi connectivity index (χ2n) is 5.29. The van der Waals surface area contributed by atoms with Gasteiger partial charge < -0.3 is 4.57 Å². The van der Waals surface area contributed by atoms with Crippen LogP contribution in [0.1, 0.15) is 5.56 Å². The van der Waals surface area contributed by atoms with Crippen molar-refractivity contribution in [2.75, 3.05) is 5.43 Å². The van der Waals surface area contributed by atoms with Gasteiger partial charge in [0.1, 0.15) is 0 Å². The molecule has 1 N–H and O–H groups in total. The van der Waals surface area contributed by atoms with Gasteiger partial charge in [-0.3, -0.25) is 5.43 Å². The number of hydrogen-bond acceptors (Lipinski definition) is 4. The standard InChI is InChI=1S/C19H14N4S/c1-2-11-23-13-14(15-7-3-5-9-17(15)23)12-20-22-19-21-16-8-4-6-10-18(16)24-19/h1,3-10,12-13H,11H2,(H,21,22)/b20-12+. The number of rotatable bonds is 4. The van der Waals surface area contributed by atoms with Gasteiger partial charge in [0.15, 0.2) is 0 Å². The van der Waals surface area contributed by atoms with Crippen LogP contribution in [0.25, 0.3) is 21.1 Å². The van der Waals surface area contributed by atoms with E-state index < -0.39 is 0 Å². The topological polar surface area (TPSA) is 42.2 Å². The first-order valence-corrected chi connectivity index (χ1v) is 8.33. The monoisotopic (exact) mass is 330 g/mol. The van der Waals surface area contributed by atoms with E-state index in [4.69, 9.17) is 6.42 Å². The Morgan fingerprint density at radius 1 is 1.21 bits per heavy atom. The number of para-hydroxylation sites is 2. The molecule has 0 amide bonds. The molecule has 0 saturated carbocycles. The Balaban J connectivity index is 1.61. The molecule has 0 aliphatic heterocycles. The summed E-state index contributed by atoms with van der Waals surface area (Å²) >= 11 is 1.58.